The maximum Gasteiger partial charge on any atom is 0.243 e. The Morgan fingerprint density at radius 2 is 1.95 bits per heavy atom. The van der Waals surface area contributed by atoms with Crippen LogP contribution in [0.4, 0.5) is 0 Å². The van der Waals surface area contributed by atoms with E-state index in [0.717, 1.165) is 24.8 Å². The van der Waals surface area contributed by atoms with Crippen LogP contribution in [-0.4, -0.2) is 32.4 Å². The van der Waals surface area contributed by atoms with Gasteiger partial charge in [0, 0.05) is 13.1 Å². The number of hydrogen-bond donors (Lipinski definition) is 1. The van der Waals surface area contributed by atoms with E-state index >= 15 is 0 Å². The Bertz CT molecular complexity index is 550. The van der Waals surface area contributed by atoms with Gasteiger partial charge in [-0.3, -0.25) is 0 Å². The second kappa shape index (κ2) is 6.90. The van der Waals surface area contributed by atoms with Crippen molar-refractivity contribution in [3.63, 3.8) is 0 Å². The fourth-order valence-corrected chi connectivity index (χ4v) is 4.44. The van der Waals surface area contributed by atoms with Crippen molar-refractivity contribution in [1.82, 2.24) is 4.31 Å². The lowest BCUT2D eigenvalue weighted by molar-refractivity contribution is 0.258. The molecule has 0 spiro atoms. The van der Waals surface area contributed by atoms with Crippen molar-refractivity contribution in [2.75, 3.05) is 19.6 Å². The van der Waals surface area contributed by atoms with Crippen LogP contribution in [0.2, 0.25) is 0 Å². The molecule has 1 heterocycles. The van der Waals surface area contributed by atoms with Crippen molar-refractivity contribution in [3.8, 4) is 0 Å². The molecular weight excluding hydrogens is 284 g/mol. The molecule has 1 aliphatic heterocycles. The van der Waals surface area contributed by atoms with E-state index in [0.29, 0.717) is 36.4 Å². The highest BCUT2D eigenvalue weighted by Gasteiger charge is 2.29. The lowest BCUT2D eigenvalue weighted by atomic mass is 9.96. The van der Waals surface area contributed by atoms with Gasteiger partial charge in [0.25, 0.3) is 0 Å². The van der Waals surface area contributed by atoms with Crippen LogP contribution in [0.1, 0.15) is 44.6 Å². The largest absolute Gasteiger partial charge is 0.330 e. The van der Waals surface area contributed by atoms with Crippen LogP contribution in [0.3, 0.4) is 0 Å². The summed E-state index contributed by atoms with van der Waals surface area (Å²) < 4.78 is 27.1. The first-order chi connectivity index (χ1) is 9.95. The third-order valence-electron chi connectivity index (χ3n) is 4.24. The predicted molar refractivity (Wildman–Crippen MR) is 85.7 cm³/mol. The summed E-state index contributed by atoms with van der Waals surface area (Å²) >= 11 is 0. The molecule has 2 rings (SSSR count). The molecule has 1 fully saturated rings. The highest BCUT2D eigenvalue weighted by molar-refractivity contribution is 7.89. The molecule has 1 unspecified atom stereocenters. The van der Waals surface area contributed by atoms with Gasteiger partial charge >= 0.3 is 0 Å². The normalized spacial score (nSPS) is 20.9. The van der Waals surface area contributed by atoms with E-state index in [1.54, 1.807) is 16.4 Å². The zero-order chi connectivity index (χ0) is 15.5. The Kier molecular flexibility index (Phi) is 5.41. The van der Waals surface area contributed by atoms with E-state index in [4.69, 9.17) is 5.73 Å². The van der Waals surface area contributed by atoms with Crippen LogP contribution < -0.4 is 5.73 Å². The highest BCUT2D eigenvalue weighted by Crippen LogP contribution is 2.26. The lowest BCUT2D eigenvalue weighted by Crippen LogP contribution is -2.40. The predicted octanol–water partition coefficient (Wildman–Crippen LogP) is 2.56. The van der Waals surface area contributed by atoms with Crippen molar-refractivity contribution in [2.45, 2.75) is 43.9 Å². The molecule has 0 aromatic heterocycles. The van der Waals surface area contributed by atoms with Gasteiger partial charge < -0.3 is 5.73 Å². The first-order valence-corrected chi connectivity index (χ1v) is 9.19. The van der Waals surface area contributed by atoms with Gasteiger partial charge in [-0.2, -0.15) is 4.31 Å². The third kappa shape index (κ3) is 3.84. The number of benzene rings is 1. The summed E-state index contributed by atoms with van der Waals surface area (Å²) in [6.07, 6.45) is 2.90. The van der Waals surface area contributed by atoms with E-state index in [1.165, 1.54) is 0 Å². The molecule has 0 amide bonds. The van der Waals surface area contributed by atoms with Gasteiger partial charge in [0.2, 0.25) is 10.0 Å². The van der Waals surface area contributed by atoms with Crippen LogP contribution in [0.25, 0.3) is 0 Å². The van der Waals surface area contributed by atoms with E-state index in [-0.39, 0.29) is 0 Å². The molecule has 4 nitrogen and oxygen atoms in total. The molecule has 5 heteroatoms. The summed E-state index contributed by atoms with van der Waals surface area (Å²) in [6.45, 7) is 6.06. The average Bonchev–Trinajstić information content (AvgIpc) is 2.48. The Morgan fingerprint density at radius 1 is 1.29 bits per heavy atom. The number of hydrogen-bond acceptors (Lipinski definition) is 3. The van der Waals surface area contributed by atoms with Crippen molar-refractivity contribution in [2.24, 2.45) is 11.7 Å². The quantitative estimate of drug-likeness (QED) is 0.909. The summed E-state index contributed by atoms with van der Waals surface area (Å²) in [7, 11) is -3.36. The zero-order valence-corrected chi connectivity index (χ0v) is 13.8. The summed E-state index contributed by atoms with van der Waals surface area (Å²) in [5.41, 5.74) is 6.76. The Labute approximate surface area is 128 Å². The van der Waals surface area contributed by atoms with E-state index in [1.807, 2.05) is 12.1 Å². The highest BCUT2D eigenvalue weighted by atomic mass is 32.2. The zero-order valence-electron chi connectivity index (χ0n) is 13.0. The number of rotatable bonds is 5. The molecule has 1 atom stereocenters. The minimum absolute atomic E-state index is 0.397. The molecule has 1 aromatic carbocycles. The minimum Gasteiger partial charge on any atom is -0.330 e. The molecule has 1 aliphatic rings. The molecule has 1 saturated heterocycles. The van der Waals surface area contributed by atoms with Gasteiger partial charge in [0.15, 0.2) is 0 Å². The maximum atomic E-state index is 12.7. The lowest BCUT2D eigenvalue weighted by Gasteiger charge is -2.31. The SMILES string of the molecule is CC(C)c1ccc(S(=O)(=O)N2CCCC(CCN)C2)cc1. The number of nitrogens with two attached hydrogens (primary N) is 1. The molecule has 0 aliphatic carbocycles. The van der Waals surface area contributed by atoms with E-state index in [9.17, 15) is 8.42 Å². The summed E-state index contributed by atoms with van der Waals surface area (Å²) in [5.74, 6) is 0.805. The number of nitrogens with zero attached hydrogens (tertiary/aromatic N) is 1. The van der Waals surface area contributed by atoms with Gasteiger partial charge in [-0.1, -0.05) is 26.0 Å². The second-order valence-electron chi connectivity index (χ2n) is 6.17. The number of piperidine rings is 1. The molecule has 118 valence electrons. The van der Waals surface area contributed by atoms with Gasteiger partial charge in [-0.25, -0.2) is 8.42 Å². The third-order valence-corrected chi connectivity index (χ3v) is 6.12. The molecule has 21 heavy (non-hydrogen) atoms. The van der Waals surface area contributed by atoms with Crippen LogP contribution >= 0.6 is 0 Å². The maximum absolute atomic E-state index is 12.7. The minimum atomic E-state index is -3.36. The van der Waals surface area contributed by atoms with Crippen LogP contribution in [-0.2, 0) is 10.0 Å². The number of sulfonamides is 1. The average molecular weight is 310 g/mol. The summed E-state index contributed by atoms with van der Waals surface area (Å²) in [4.78, 5) is 0.403. The Hall–Kier alpha value is -0.910. The van der Waals surface area contributed by atoms with Gasteiger partial charge in [0.05, 0.1) is 4.90 Å². The van der Waals surface area contributed by atoms with Crippen molar-refractivity contribution in [1.29, 1.82) is 0 Å². The monoisotopic (exact) mass is 310 g/mol. The molecule has 0 saturated carbocycles. The van der Waals surface area contributed by atoms with E-state index in [2.05, 4.69) is 13.8 Å². The molecular formula is C16H26N2O2S. The van der Waals surface area contributed by atoms with Crippen LogP contribution in [0.5, 0.6) is 0 Å². The molecule has 0 radical (unpaired) electrons. The van der Waals surface area contributed by atoms with Crippen LogP contribution in [0, 0.1) is 5.92 Å². The van der Waals surface area contributed by atoms with Crippen molar-refractivity contribution in [3.05, 3.63) is 29.8 Å². The summed E-state index contributed by atoms with van der Waals surface area (Å²) in [5, 5.41) is 0. The molecule has 1 aromatic rings. The Morgan fingerprint density at radius 3 is 2.52 bits per heavy atom. The second-order valence-corrected chi connectivity index (χ2v) is 8.11. The van der Waals surface area contributed by atoms with Crippen LogP contribution in [0.15, 0.2) is 29.2 Å². The molecule has 0 bridgehead atoms. The first-order valence-electron chi connectivity index (χ1n) is 7.75. The fraction of sp³-hybridized carbons (Fsp3) is 0.625. The van der Waals surface area contributed by atoms with Gasteiger partial charge in [-0.15, -0.1) is 0 Å². The van der Waals surface area contributed by atoms with Crippen molar-refractivity contribution >= 4 is 10.0 Å². The first kappa shape index (κ1) is 16.5. The Balaban J connectivity index is 2.17. The van der Waals surface area contributed by atoms with E-state index < -0.39 is 10.0 Å². The van der Waals surface area contributed by atoms with Gasteiger partial charge in [-0.05, 0) is 55.3 Å². The fourth-order valence-electron chi connectivity index (χ4n) is 2.89. The topological polar surface area (TPSA) is 63.4 Å². The van der Waals surface area contributed by atoms with Crippen molar-refractivity contribution < 1.29 is 8.42 Å². The summed E-state index contributed by atoms with van der Waals surface area (Å²) in [6, 6.07) is 7.30. The van der Waals surface area contributed by atoms with Gasteiger partial charge in [0.1, 0.15) is 0 Å². The standard InChI is InChI=1S/C16H26N2O2S/c1-13(2)15-5-7-16(8-6-15)21(19,20)18-11-3-4-14(12-18)9-10-17/h5-8,13-14H,3-4,9-12,17H2,1-2H3. The smallest absolute Gasteiger partial charge is 0.243 e. The molecule has 2 N–H and O–H groups in total.